The number of nitrogens with one attached hydrogen (secondary N) is 2. The third kappa shape index (κ3) is 3.21. The number of para-hydroxylation sites is 1. The Hall–Kier alpha value is -3.15. The molecular weight excluding hydrogens is 294 g/mol. The summed E-state index contributed by atoms with van der Waals surface area (Å²) in [5.41, 5.74) is 2.39. The van der Waals surface area contributed by atoms with Gasteiger partial charge in [-0.25, -0.2) is 0 Å². The largest absolute Gasteiger partial charge is 0.361 e. The Morgan fingerprint density at radius 3 is 2.83 bits per heavy atom. The number of rotatable bonds is 5. The molecule has 3 rings (SSSR count). The van der Waals surface area contributed by atoms with E-state index in [9.17, 15) is 14.9 Å². The number of benzene rings is 2. The number of H-pyrrole nitrogens is 1. The number of hydrogen-bond donors (Lipinski definition) is 2. The molecule has 0 unspecified atom stereocenters. The Bertz CT molecular complexity index is 870. The van der Waals surface area contributed by atoms with Crippen LogP contribution in [0.25, 0.3) is 10.9 Å². The molecule has 6 nitrogen and oxygen atoms in total. The summed E-state index contributed by atoms with van der Waals surface area (Å²) in [5.74, 6) is -0.312. The molecule has 2 aromatic carbocycles. The first-order valence-electron chi connectivity index (χ1n) is 7.23. The molecule has 2 N–H and O–H groups in total. The summed E-state index contributed by atoms with van der Waals surface area (Å²) in [5, 5.41) is 14.7. The van der Waals surface area contributed by atoms with Gasteiger partial charge in [0.1, 0.15) is 0 Å². The number of non-ortho nitro benzene ring substituents is 1. The van der Waals surface area contributed by atoms with Crippen LogP contribution in [0.2, 0.25) is 0 Å². The van der Waals surface area contributed by atoms with Crippen LogP contribution in [0.4, 0.5) is 5.69 Å². The van der Waals surface area contributed by atoms with Gasteiger partial charge in [-0.1, -0.05) is 24.3 Å². The van der Waals surface area contributed by atoms with Gasteiger partial charge in [0.2, 0.25) is 0 Å². The number of nitro benzene ring substituents is 1. The summed E-state index contributed by atoms with van der Waals surface area (Å²) in [4.78, 5) is 25.5. The van der Waals surface area contributed by atoms with Gasteiger partial charge in [-0.15, -0.1) is 0 Å². The number of nitrogens with zero attached hydrogens (tertiary/aromatic N) is 1. The zero-order chi connectivity index (χ0) is 16.2. The van der Waals surface area contributed by atoms with Gasteiger partial charge < -0.3 is 10.3 Å². The maximum absolute atomic E-state index is 12.1. The molecule has 116 valence electrons. The van der Waals surface area contributed by atoms with E-state index in [1.807, 2.05) is 30.5 Å². The van der Waals surface area contributed by atoms with Crippen molar-refractivity contribution in [2.75, 3.05) is 6.54 Å². The van der Waals surface area contributed by atoms with Crippen molar-refractivity contribution < 1.29 is 9.72 Å². The lowest BCUT2D eigenvalue weighted by Gasteiger charge is -2.05. The van der Waals surface area contributed by atoms with Crippen LogP contribution in [0.1, 0.15) is 15.9 Å². The highest BCUT2D eigenvalue weighted by Crippen LogP contribution is 2.18. The van der Waals surface area contributed by atoms with E-state index in [1.165, 1.54) is 18.2 Å². The minimum absolute atomic E-state index is 0.0886. The molecule has 1 amide bonds. The van der Waals surface area contributed by atoms with Gasteiger partial charge in [-0.05, 0) is 24.1 Å². The molecular formula is C17H15N3O3. The monoisotopic (exact) mass is 309 g/mol. The summed E-state index contributed by atoms with van der Waals surface area (Å²) in [6.45, 7) is 0.462. The molecule has 0 aliphatic heterocycles. The van der Waals surface area contributed by atoms with Gasteiger partial charge in [-0.3, -0.25) is 14.9 Å². The van der Waals surface area contributed by atoms with Gasteiger partial charge in [0.15, 0.2) is 0 Å². The fourth-order valence-electron chi connectivity index (χ4n) is 2.51. The van der Waals surface area contributed by atoms with Crippen LogP contribution in [0.15, 0.2) is 54.7 Å². The smallest absolute Gasteiger partial charge is 0.270 e. The van der Waals surface area contributed by atoms with E-state index in [1.54, 1.807) is 6.07 Å². The van der Waals surface area contributed by atoms with E-state index in [0.717, 1.165) is 16.5 Å². The van der Waals surface area contributed by atoms with Crippen LogP contribution in [0.5, 0.6) is 0 Å². The Labute approximate surface area is 132 Å². The molecule has 0 saturated carbocycles. The zero-order valence-electron chi connectivity index (χ0n) is 12.3. The van der Waals surface area contributed by atoms with Crippen molar-refractivity contribution in [3.63, 3.8) is 0 Å². The summed E-state index contributed by atoms with van der Waals surface area (Å²) in [6.07, 6.45) is 2.62. The van der Waals surface area contributed by atoms with E-state index in [0.29, 0.717) is 13.0 Å². The number of amides is 1. The fraction of sp³-hybridized carbons (Fsp3) is 0.118. The summed E-state index contributed by atoms with van der Waals surface area (Å²) in [7, 11) is 0. The number of hydrogen-bond acceptors (Lipinski definition) is 3. The number of carbonyl (C=O) groups is 1. The molecule has 0 fully saturated rings. The topological polar surface area (TPSA) is 88.0 Å². The van der Waals surface area contributed by atoms with E-state index >= 15 is 0 Å². The van der Waals surface area contributed by atoms with Gasteiger partial charge in [0.25, 0.3) is 11.6 Å². The average molecular weight is 309 g/mol. The predicted octanol–water partition coefficient (Wildman–Crippen LogP) is 3.05. The van der Waals surface area contributed by atoms with E-state index < -0.39 is 4.92 Å². The maximum atomic E-state index is 12.1. The standard InChI is InChI=1S/C17H15N3O3/c21-17(12-4-3-5-14(10-12)20(22)23)18-9-8-13-11-19-16-7-2-1-6-15(13)16/h1-7,10-11,19H,8-9H2,(H,18,21). The molecule has 1 heterocycles. The second kappa shape index (κ2) is 6.31. The molecule has 0 spiro atoms. The van der Waals surface area contributed by atoms with Crippen molar-refractivity contribution in [3.05, 3.63) is 76.0 Å². The Balaban J connectivity index is 1.63. The highest BCUT2D eigenvalue weighted by Gasteiger charge is 2.11. The van der Waals surface area contributed by atoms with Crippen molar-refractivity contribution in [1.29, 1.82) is 0 Å². The van der Waals surface area contributed by atoms with Crippen LogP contribution < -0.4 is 5.32 Å². The van der Waals surface area contributed by atoms with E-state index in [-0.39, 0.29) is 17.2 Å². The van der Waals surface area contributed by atoms with Crippen molar-refractivity contribution in [2.45, 2.75) is 6.42 Å². The molecule has 3 aromatic rings. The summed E-state index contributed by atoms with van der Waals surface area (Å²) in [6, 6.07) is 13.7. The van der Waals surface area contributed by atoms with Crippen LogP contribution >= 0.6 is 0 Å². The first kappa shape index (κ1) is 14.8. The van der Waals surface area contributed by atoms with Gasteiger partial charge in [0, 0.05) is 41.3 Å². The zero-order valence-corrected chi connectivity index (χ0v) is 12.3. The fourth-order valence-corrected chi connectivity index (χ4v) is 2.51. The second-order valence-corrected chi connectivity index (χ2v) is 5.17. The minimum atomic E-state index is -0.511. The Morgan fingerprint density at radius 1 is 1.17 bits per heavy atom. The first-order chi connectivity index (χ1) is 11.1. The number of aromatic amines is 1. The Kier molecular flexibility index (Phi) is 4.05. The summed E-state index contributed by atoms with van der Waals surface area (Å²) >= 11 is 0. The molecule has 6 heteroatoms. The van der Waals surface area contributed by atoms with Crippen molar-refractivity contribution in [2.24, 2.45) is 0 Å². The van der Waals surface area contributed by atoms with Crippen LogP contribution in [0.3, 0.4) is 0 Å². The summed E-state index contributed by atoms with van der Waals surface area (Å²) < 4.78 is 0. The second-order valence-electron chi connectivity index (χ2n) is 5.17. The van der Waals surface area contributed by atoms with Crippen molar-refractivity contribution in [3.8, 4) is 0 Å². The van der Waals surface area contributed by atoms with Crippen LogP contribution in [-0.2, 0) is 6.42 Å². The van der Waals surface area contributed by atoms with Crippen molar-refractivity contribution >= 4 is 22.5 Å². The lowest BCUT2D eigenvalue weighted by atomic mass is 10.1. The highest BCUT2D eigenvalue weighted by atomic mass is 16.6. The lowest BCUT2D eigenvalue weighted by molar-refractivity contribution is -0.384. The first-order valence-corrected chi connectivity index (χ1v) is 7.23. The molecule has 0 atom stereocenters. The average Bonchev–Trinajstić information content (AvgIpc) is 2.98. The number of fused-ring (bicyclic) bond motifs is 1. The molecule has 0 saturated heterocycles. The molecule has 1 aromatic heterocycles. The van der Waals surface area contributed by atoms with Crippen molar-refractivity contribution in [1.82, 2.24) is 10.3 Å². The van der Waals surface area contributed by atoms with E-state index in [4.69, 9.17) is 0 Å². The predicted molar refractivity (Wildman–Crippen MR) is 87.4 cm³/mol. The lowest BCUT2D eigenvalue weighted by Crippen LogP contribution is -2.25. The quantitative estimate of drug-likeness (QED) is 0.561. The normalized spacial score (nSPS) is 10.6. The van der Waals surface area contributed by atoms with Gasteiger partial charge in [0.05, 0.1) is 4.92 Å². The highest BCUT2D eigenvalue weighted by molar-refractivity contribution is 5.94. The third-order valence-electron chi connectivity index (χ3n) is 3.67. The molecule has 23 heavy (non-hydrogen) atoms. The molecule has 0 radical (unpaired) electrons. The molecule has 0 aliphatic carbocycles. The SMILES string of the molecule is O=C(NCCc1c[nH]c2ccccc12)c1cccc([N+](=O)[O-])c1. The van der Waals surface area contributed by atoms with Crippen LogP contribution in [0, 0.1) is 10.1 Å². The van der Waals surface area contributed by atoms with E-state index in [2.05, 4.69) is 10.3 Å². The van der Waals surface area contributed by atoms with Gasteiger partial charge >= 0.3 is 0 Å². The molecule has 0 bridgehead atoms. The Morgan fingerprint density at radius 2 is 2.00 bits per heavy atom. The minimum Gasteiger partial charge on any atom is -0.361 e. The maximum Gasteiger partial charge on any atom is 0.270 e. The number of aromatic nitrogens is 1. The third-order valence-corrected chi connectivity index (χ3v) is 3.67. The van der Waals surface area contributed by atoms with Crippen LogP contribution in [-0.4, -0.2) is 22.4 Å². The number of nitro groups is 1. The van der Waals surface area contributed by atoms with Gasteiger partial charge in [-0.2, -0.15) is 0 Å². The molecule has 0 aliphatic rings. The number of carbonyl (C=O) groups excluding carboxylic acids is 1.